The number of rotatable bonds is 6. The monoisotopic (exact) mass is 878 g/mol. The quantitative estimate of drug-likeness (QED) is 0.167. The Morgan fingerprint density at radius 1 is 0.224 bits per heavy atom. The molecule has 0 atom stereocenters. The second-order valence-corrected chi connectivity index (χ2v) is 19.3. The summed E-state index contributed by atoms with van der Waals surface area (Å²) in [6.07, 6.45) is 0. The van der Waals surface area contributed by atoms with E-state index in [1.807, 2.05) is 36.4 Å². The lowest BCUT2D eigenvalue weighted by Gasteiger charge is -2.12. The second-order valence-electron chi connectivity index (χ2n) is 17.3. The van der Waals surface area contributed by atoms with Crippen LogP contribution < -0.4 is 0 Å². The molecule has 0 spiro atoms. The second kappa shape index (κ2) is 14.2. The molecule has 7 heteroatoms. The first-order chi connectivity index (χ1) is 33.0. The Labute approximate surface area is 384 Å². The summed E-state index contributed by atoms with van der Waals surface area (Å²) in [6.45, 7) is 0. The Morgan fingerprint density at radius 2 is 0.478 bits per heavy atom. The topological polar surface area (TPSA) is 53.9 Å². The molecule has 0 fully saturated rings. The Hall–Kier alpha value is -8.65. The third-order valence-electron chi connectivity index (χ3n) is 13.8. The molecule has 0 amide bonds. The highest BCUT2D eigenvalue weighted by Gasteiger charge is 2.23. The zero-order valence-corrected chi connectivity index (χ0v) is 36.8. The minimum absolute atomic E-state index is 0.240. The predicted molar refractivity (Wildman–Crippen MR) is 276 cm³/mol. The standard InChI is InChI=1S/C60H38N4O2S/c65-67(66,43-31-27-41(28-32-43)63-55-25-13-9-21-47(55)51-35-49-45-19-7-11-23-53(45)61(57(49)37-59(51)63)39-15-3-1-4-16-39)44-33-29-42(30-34-44)64-56-26-14-10-22-48(56)52-36-50-46-20-8-12-24-54(46)62(58(50)38-60(52)64)40-17-5-2-6-18-40/h1-38H. The molecular weight excluding hydrogens is 841 g/mol. The van der Waals surface area contributed by atoms with Gasteiger partial charge in [0.2, 0.25) is 9.84 Å². The molecule has 4 heterocycles. The van der Waals surface area contributed by atoms with Gasteiger partial charge in [-0.1, -0.05) is 109 Å². The summed E-state index contributed by atoms with van der Waals surface area (Å²) in [6, 6.07) is 78.9. The van der Waals surface area contributed by atoms with Crippen molar-refractivity contribution in [3.05, 3.63) is 231 Å². The van der Waals surface area contributed by atoms with Crippen molar-refractivity contribution in [3.8, 4) is 22.7 Å². The first-order valence-electron chi connectivity index (χ1n) is 22.5. The van der Waals surface area contributed by atoms with E-state index in [1.54, 1.807) is 24.3 Å². The molecule has 6 nitrogen and oxygen atoms in total. The van der Waals surface area contributed by atoms with Gasteiger partial charge in [0.05, 0.1) is 53.9 Å². The molecule has 316 valence electrons. The molecule has 14 rings (SSSR count). The van der Waals surface area contributed by atoms with Gasteiger partial charge in [0.1, 0.15) is 0 Å². The van der Waals surface area contributed by atoms with Crippen molar-refractivity contribution < 1.29 is 8.42 Å². The van der Waals surface area contributed by atoms with Gasteiger partial charge in [0, 0.05) is 65.8 Å². The Kier molecular flexibility index (Phi) is 7.97. The van der Waals surface area contributed by atoms with Gasteiger partial charge >= 0.3 is 0 Å². The largest absolute Gasteiger partial charge is 0.309 e. The summed E-state index contributed by atoms with van der Waals surface area (Å²) in [5.41, 5.74) is 12.7. The van der Waals surface area contributed by atoms with E-state index in [4.69, 9.17) is 0 Å². The van der Waals surface area contributed by atoms with Crippen molar-refractivity contribution in [2.45, 2.75) is 9.79 Å². The molecule has 0 aliphatic rings. The smallest absolute Gasteiger partial charge is 0.206 e. The Balaban J connectivity index is 0.872. The maximum Gasteiger partial charge on any atom is 0.206 e. The third-order valence-corrected chi connectivity index (χ3v) is 15.6. The summed E-state index contributed by atoms with van der Waals surface area (Å²) in [4.78, 5) is 0.480. The van der Waals surface area contributed by atoms with E-state index >= 15 is 0 Å². The molecule has 67 heavy (non-hydrogen) atoms. The molecule has 0 aliphatic carbocycles. The first-order valence-corrected chi connectivity index (χ1v) is 24.0. The Morgan fingerprint density at radius 3 is 0.776 bits per heavy atom. The normalized spacial score (nSPS) is 12.3. The molecule has 0 radical (unpaired) electrons. The van der Waals surface area contributed by atoms with Crippen LogP contribution in [-0.4, -0.2) is 26.7 Å². The predicted octanol–water partition coefficient (Wildman–Crippen LogP) is 14.9. The lowest BCUT2D eigenvalue weighted by Crippen LogP contribution is -2.03. The van der Waals surface area contributed by atoms with Gasteiger partial charge in [-0.3, -0.25) is 0 Å². The molecule has 14 aromatic rings. The SMILES string of the molecule is O=S(=O)(c1ccc(-n2c3ccccc3c3cc4c5ccccc5n(-c5ccccc5)c4cc32)cc1)c1ccc(-n2c3ccccc3c3cc4c5ccccc5n(-c5ccccc5)c4cc32)cc1. The minimum atomic E-state index is -3.87. The fraction of sp³-hybridized carbons (Fsp3) is 0. The van der Waals surface area contributed by atoms with Crippen LogP contribution in [0.3, 0.4) is 0 Å². The summed E-state index contributed by atoms with van der Waals surface area (Å²) >= 11 is 0. The molecular formula is C60H38N4O2S. The average molecular weight is 879 g/mol. The van der Waals surface area contributed by atoms with Crippen LogP contribution in [-0.2, 0) is 9.84 Å². The Bertz CT molecular complexity index is 4150. The highest BCUT2D eigenvalue weighted by molar-refractivity contribution is 7.91. The lowest BCUT2D eigenvalue weighted by molar-refractivity contribution is 0.596. The van der Waals surface area contributed by atoms with Crippen molar-refractivity contribution in [2.75, 3.05) is 0 Å². The fourth-order valence-corrected chi connectivity index (χ4v) is 12.1. The van der Waals surface area contributed by atoms with E-state index in [9.17, 15) is 8.42 Å². The van der Waals surface area contributed by atoms with E-state index in [2.05, 4.69) is 188 Å². The van der Waals surface area contributed by atoms with Crippen LogP contribution >= 0.6 is 0 Å². The third kappa shape index (κ3) is 5.46. The molecule has 0 saturated heterocycles. The van der Waals surface area contributed by atoms with Gasteiger partial charge in [-0.2, -0.15) is 0 Å². The van der Waals surface area contributed by atoms with Gasteiger partial charge in [-0.25, -0.2) is 8.42 Å². The summed E-state index contributed by atoms with van der Waals surface area (Å²) in [5.74, 6) is 0. The summed E-state index contributed by atoms with van der Waals surface area (Å²) < 4.78 is 38.1. The van der Waals surface area contributed by atoms with E-state index < -0.39 is 9.84 Å². The number of fused-ring (bicyclic) bond motifs is 12. The number of nitrogens with zero attached hydrogens (tertiary/aromatic N) is 4. The van der Waals surface area contributed by atoms with Crippen molar-refractivity contribution in [2.24, 2.45) is 0 Å². The van der Waals surface area contributed by atoms with Gasteiger partial charge in [0.25, 0.3) is 0 Å². The van der Waals surface area contributed by atoms with Gasteiger partial charge < -0.3 is 18.3 Å². The number of hydrogen-bond acceptors (Lipinski definition) is 2. The average Bonchev–Trinajstić information content (AvgIpc) is 4.10. The highest BCUT2D eigenvalue weighted by Crippen LogP contribution is 2.42. The van der Waals surface area contributed by atoms with Crippen LogP contribution in [0.1, 0.15) is 0 Å². The zero-order valence-electron chi connectivity index (χ0n) is 36.0. The maximum absolute atomic E-state index is 14.5. The van der Waals surface area contributed by atoms with Crippen LogP contribution in [0, 0.1) is 0 Å². The van der Waals surface area contributed by atoms with E-state index in [0.29, 0.717) is 0 Å². The van der Waals surface area contributed by atoms with Crippen LogP contribution in [0.2, 0.25) is 0 Å². The lowest BCUT2D eigenvalue weighted by atomic mass is 10.1. The molecule has 10 aromatic carbocycles. The number of sulfone groups is 1. The number of aromatic nitrogens is 4. The van der Waals surface area contributed by atoms with Crippen molar-refractivity contribution in [3.63, 3.8) is 0 Å². The first kappa shape index (κ1) is 37.7. The molecule has 0 saturated carbocycles. The molecule has 0 unspecified atom stereocenters. The van der Waals surface area contributed by atoms with Crippen LogP contribution in [0.4, 0.5) is 0 Å². The van der Waals surface area contributed by atoms with Crippen LogP contribution in [0.15, 0.2) is 240 Å². The highest BCUT2D eigenvalue weighted by atomic mass is 32.2. The number of hydrogen-bond donors (Lipinski definition) is 0. The van der Waals surface area contributed by atoms with Crippen molar-refractivity contribution in [1.82, 2.24) is 18.3 Å². The van der Waals surface area contributed by atoms with E-state index in [-0.39, 0.29) is 9.79 Å². The van der Waals surface area contributed by atoms with Crippen molar-refractivity contribution in [1.29, 1.82) is 0 Å². The molecule has 0 N–H and O–H groups in total. The van der Waals surface area contributed by atoms with Gasteiger partial charge in [-0.05, 0) is 121 Å². The van der Waals surface area contributed by atoms with Gasteiger partial charge in [-0.15, -0.1) is 0 Å². The number of para-hydroxylation sites is 6. The van der Waals surface area contributed by atoms with Crippen molar-refractivity contribution >= 4 is 97.1 Å². The van der Waals surface area contributed by atoms with Gasteiger partial charge in [0.15, 0.2) is 0 Å². The molecule has 0 bridgehead atoms. The maximum atomic E-state index is 14.5. The molecule has 0 aliphatic heterocycles. The fourth-order valence-electron chi connectivity index (χ4n) is 10.8. The summed E-state index contributed by atoms with van der Waals surface area (Å²) in [5, 5.41) is 9.32. The number of benzene rings is 10. The van der Waals surface area contributed by atoms with Crippen LogP contribution in [0.25, 0.3) is 110 Å². The van der Waals surface area contributed by atoms with Crippen LogP contribution in [0.5, 0.6) is 0 Å². The summed E-state index contributed by atoms with van der Waals surface area (Å²) in [7, 11) is -3.87. The van der Waals surface area contributed by atoms with E-state index in [0.717, 1.165) is 88.4 Å². The minimum Gasteiger partial charge on any atom is -0.309 e. The zero-order chi connectivity index (χ0) is 44.4. The molecule has 4 aromatic heterocycles. The van der Waals surface area contributed by atoms with E-state index in [1.165, 1.54) is 21.5 Å².